The van der Waals surface area contributed by atoms with E-state index < -0.39 is 5.41 Å². The van der Waals surface area contributed by atoms with Crippen molar-refractivity contribution in [3.63, 3.8) is 0 Å². The lowest BCUT2D eigenvalue weighted by molar-refractivity contribution is 0.768. The van der Waals surface area contributed by atoms with Gasteiger partial charge in [0.15, 0.2) is 0 Å². The number of hydrogen-bond acceptors (Lipinski definition) is 2. The van der Waals surface area contributed by atoms with E-state index in [0.29, 0.717) is 0 Å². The van der Waals surface area contributed by atoms with Crippen LogP contribution in [0.15, 0.2) is 304 Å². The highest BCUT2D eigenvalue weighted by Crippen LogP contribution is 2.57. The van der Waals surface area contributed by atoms with Crippen molar-refractivity contribution in [1.29, 1.82) is 0 Å². The Kier molecular flexibility index (Phi) is 12.8. The molecule has 0 spiro atoms. The molecule has 0 bridgehead atoms. The number of benzene rings is 10. The number of nitrogens with zero attached hydrogens (tertiary/aromatic N) is 2. The number of rotatable bonds is 14. The van der Waals surface area contributed by atoms with Gasteiger partial charge in [-0.25, -0.2) is 0 Å². The molecule has 0 fully saturated rings. The van der Waals surface area contributed by atoms with Crippen LogP contribution in [-0.2, 0) is 5.41 Å². The number of anilines is 6. The van der Waals surface area contributed by atoms with E-state index in [4.69, 9.17) is 0 Å². The van der Waals surface area contributed by atoms with Crippen LogP contribution >= 0.6 is 0 Å². The highest BCUT2D eigenvalue weighted by Gasteiger charge is 2.46. The van der Waals surface area contributed by atoms with E-state index in [2.05, 4.69) is 296 Å². The van der Waals surface area contributed by atoms with Crippen molar-refractivity contribution in [2.24, 2.45) is 0 Å². The molecular formula is C73H56N2. The standard InChI is InChI=1S/C73H56N2/c1-3-20-53(4-2)57-35-43-63(44-36-57)74(64-45-37-58(38-46-64)54-21-8-5-9-22-54)67-29-18-27-61(51-67)73(71-33-16-14-31-69(71)70-32-15-17-34-72(70)73)62-28-19-30-68(52-62)75(65-47-39-59(40-48-65)55-23-10-6-11-24-55)66-49-41-60(42-50-66)56-25-12-7-13-26-56/h3-6,8-12,14-52H,1-2,7,13H2/b53-20+. The predicted octanol–water partition coefficient (Wildman–Crippen LogP) is 19.8. The Balaban J connectivity index is 1.04. The maximum Gasteiger partial charge on any atom is 0.0715 e. The Morgan fingerprint density at radius 1 is 0.387 bits per heavy atom. The maximum absolute atomic E-state index is 4.10. The van der Waals surface area contributed by atoms with Crippen LogP contribution in [0.25, 0.3) is 44.5 Å². The third-order valence-electron chi connectivity index (χ3n) is 14.9. The molecule has 0 heterocycles. The van der Waals surface area contributed by atoms with Gasteiger partial charge in [0.25, 0.3) is 0 Å². The van der Waals surface area contributed by atoms with Gasteiger partial charge in [-0.05, 0) is 164 Å². The smallest absolute Gasteiger partial charge is 0.0715 e. The normalized spacial score (nSPS) is 13.3. The summed E-state index contributed by atoms with van der Waals surface area (Å²) in [5, 5.41) is 0. The SMILES string of the molecule is C=C/C=C(\C=C)c1ccc(N(c2ccc(-c3ccccc3)cc2)c2cccc(C3(c4cccc(N(c5ccc(C6=CCCC=C6)cc5)c5ccc(-c6ccccc6)cc5)c4)c4ccccc4-c4ccccc43)c2)cc1. The fraction of sp³-hybridized carbons (Fsp3) is 0.0411. The summed E-state index contributed by atoms with van der Waals surface area (Å²) >= 11 is 0. The molecule has 358 valence electrons. The van der Waals surface area contributed by atoms with E-state index >= 15 is 0 Å². The molecule has 0 N–H and O–H groups in total. The minimum Gasteiger partial charge on any atom is -0.310 e. The van der Waals surface area contributed by atoms with Crippen LogP contribution < -0.4 is 9.80 Å². The van der Waals surface area contributed by atoms with E-state index in [0.717, 1.165) is 58.1 Å². The molecule has 0 amide bonds. The summed E-state index contributed by atoms with van der Waals surface area (Å²) in [4.78, 5) is 4.80. The van der Waals surface area contributed by atoms with Gasteiger partial charge in [0.1, 0.15) is 0 Å². The Morgan fingerprint density at radius 3 is 1.25 bits per heavy atom. The van der Waals surface area contributed by atoms with E-state index in [9.17, 15) is 0 Å². The van der Waals surface area contributed by atoms with Crippen molar-refractivity contribution in [2.45, 2.75) is 18.3 Å². The van der Waals surface area contributed by atoms with Crippen LogP contribution in [0.5, 0.6) is 0 Å². The van der Waals surface area contributed by atoms with E-state index in [1.165, 1.54) is 66.8 Å². The van der Waals surface area contributed by atoms with Gasteiger partial charge in [0, 0.05) is 34.1 Å². The minimum atomic E-state index is -0.688. The van der Waals surface area contributed by atoms with Gasteiger partial charge in [0.05, 0.1) is 5.41 Å². The lowest BCUT2D eigenvalue weighted by Gasteiger charge is -2.36. The molecule has 0 radical (unpaired) electrons. The second-order valence-corrected chi connectivity index (χ2v) is 19.2. The summed E-state index contributed by atoms with van der Waals surface area (Å²) in [5.41, 5.74) is 22.4. The molecule has 10 aromatic carbocycles. The quantitative estimate of drug-likeness (QED) is 0.100. The second-order valence-electron chi connectivity index (χ2n) is 19.2. The second kappa shape index (κ2) is 20.5. The topological polar surface area (TPSA) is 6.48 Å². The zero-order valence-corrected chi connectivity index (χ0v) is 41.9. The molecule has 12 rings (SSSR count). The van der Waals surface area contributed by atoms with Crippen molar-refractivity contribution in [2.75, 3.05) is 9.80 Å². The minimum absolute atomic E-state index is 0.688. The molecule has 0 unspecified atom stereocenters. The van der Waals surface area contributed by atoms with Gasteiger partial charge in [-0.15, -0.1) is 0 Å². The molecule has 2 aliphatic rings. The monoisotopic (exact) mass is 960 g/mol. The van der Waals surface area contributed by atoms with Crippen molar-refractivity contribution in [3.05, 3.63) is 338 Å². The van der Waals surface area contributed by atoms with Gasteiger partial charge < -0.3 is 9.80 Å². The molecule has 0 saturated carbocycles. The van der Waals surface area contributed by atoms with Crippen LogP contribution in [0.4, 0.5) is 34.1 Å². The van der Waals surface area contributed by atoms with Gasteiger partial charge >= 0.3 is 0 Å². The highest BCUT2D eigenvalue weighted by molar-refractivity contribution is 5.89. The van der Waals surface area contributed by atoms with Crippen molar-refractivity contribution in [3.8, 4) is 33.4 Å². The summed E-state index contributed by atoms with van der Waals surface area (Å²) in [6.07, 6.45) is 14.7. The first kappa shape index (κ1) is 46.6. The van der Waals surface area contributed by atoms with E-state index in [1.807, 2.05) is 18.2 Å². The summed E-state index contributed by atoms with van der Waals surface area (Å²) in [6, 6.07) is 93.6. The molecule has 0 atom stereocenters. The lowest BCUT2D eigenvalue weighted by Crippen LogP contribution is -2.29. The third-order valence-corrected chi connectivity index (χ3v) is 14.9. The first-order valence-corrected chi connectivity index (χ1v) is 26.0. The number of fused-ring (bicyclic) bond motifs is 3. The molecule has 75 heavy (non-hydrogen) atoms. The van der Waals surface area contributed by atoms with Crippen LogP contribution in [0.1, 0.15) is 46.2 Å². The highest BCUT2D eigenvalue weighted by atomic mass is 15.1. The largest absolute Gasteiger partial charge is 0.310 e. The molecule has 0 aromatic heterocycles. The van der Waals surface area contributed by atoms with Crippen LogP contribution in [-0.4, -0.2) is 0 Å². The van der Waals surface area contributed by atoms with Gasteiger partial charge in [-0.2, -0.15) is 0 Å². The van der Waals surface area contributed by atoms with E-state index in [1.54, 1.807) is 0 Å². The average molecular weight is 961 g/mol. The Labute approximate surface area is 442 Å². The molecular weight excluding hydrogens is 905 g/mol. The number of allylic oxidation sites excluding steroid dienone is 8. The molecule has 2 heteroatoms. The Bertz CT molecular complexity index is 3720. The van der Waals surface area contributed by atoms with Crippen molar-refractivity contribution >= 4 is 45.3 Å². The summed E-state index contributed by atoms with van der Waals surface area (Å²) in [5.74, 6) is 0. The average Bonchev–Trinajstić information content (AvgIpc) is 3.81. The third kappa shape index (κ3) is 8.77. The first-order chi connectivity index (χ1) is 37.1. The van der Waals surface area contributed by atoms with Crippen molar-refractivity contribution < 1.29 is 0 Å². The van der Waals surface area contributed by atoms with Gasteiger partial charge in [-0.1, -0.05) is 232 Å². The molecule has 10 aromatic rings. The number of hydrogen-bond donors (Lipinski definition) is 0. The van der Waals surface area contributed by atoms with E-state index in [-0.39, 0.29) is 0 Å². The zero-order chi connectivity index (χ0) is 50.6. The lowest BCUT2D eigenvalue weighted by atomic mass is 9.67. The Hall–Kier alpha value is -9.50. The van der Waals surface area contributed by atoms with Crippen LogP contribution in [0.2, 0.25) is 0 Å². The first-order valence-electron chi connectivity index (χ1n) is 26.0. The van der Waals surface area contributed by atoms with Gasteiger partial charge in [0.2, 0.25) is 0 Å². The molecule has 2 nitrogen and oxygen atoms in total. The maximum atomic E-state index is 4.10. The molecule has 2 aliphatic carbocycles. The zero-order valence-electron chi connectivity index (χ0n) is 41.9. The predicted molar refractivity (Wildman–Crippen MR) is 319 cm³/mol. The fourth-order valence-electron chi connectivity index (χ4n) is 11.4. The fourth-order valence-corrected chi connectivity index (χ4v) is 11.4. The summed E-state index contributed by atoms with van der Waals surface area (Å²) in [6.45, 7) is 8.06. The summed E-state index contributed by atoms with van der Waals surface area (Å²) in [7, 11) is 0. The Morgan fingerprint density at radius 2 is 0.813 bits per heavy atom. The van der Waals surface area contributed by atoms with Crippen LogP contribution in [0.3, 0.4) is 0 Å². The van der Waals surface area contributed by atoms with Crippen molar-refractivity contribution in [1.82, 2.24) is 0 Å². The van der Waals surface area contributed by atoms with Crippen LogP contribution in [0, 0.1) is 0 Å². The van der Waals surface area contributed by atoms with Gasteiger partial charge in [-0.3, -0.25) is 0 Å². The molecule has 0 saturated heterocycles. The summed E-state index contributed by atoms with van der Waals surface area (Å²) < 4.78 is 0. The molecule has 0 aliphatic heterocycles.